The highest BCUT2D eigenvalue weighted by molar-refractivity contribution is 7.91. The number of nitrogens with zero attached hydrogens (tertiary/aromatic N) is 2. The van der Waals surface area contributed by atoms with E-state index in [2.05, 4.69) is 9.38 Å². The molecule has 0 saturated heterocycles. The molecule has 5 nitrogen and oxygen atoms in total. The zero-order valence-corrected chi connectivity index (χ0v) is 17.4. The third-order valence-electron chi connectivity index (χ3n) is 3.51. The number of hydrogen-bond acceptors (Lipinski definition) is 5. The highest BCUT2D eigenvalue weighted by atomic mass is 35.5. The summed E-state index contributed by atoms with van der Waals surface area (Å²) in [5, 5.41) is 1.22. The minimum absolute atomic E-state index is 0.0310. The fourth-order valence-corrected chi connectivity index (χ4v) is 3.06. The van der Waals surface area contributed by atoms with Gasteiger partial charge in [0.1, 0.15) is 27.6 Å². The number of fused-ring (bicyclic) bond motifs is 1. The van der Waals surface area contributed by atoms with Crippen molar-refractivity contribution in [2.45, 2.75) is 52.4 Å². The first-order chi connectivity index (χ1) is 12.0. The summed E-state index contributed by atoms with van der Waals surface area (Å²) in [6, 6.07) is 5.25. The van der Waals surface area contributed by atoms with Crippen molar-refractivity contribution in [3.05, 3.63) is 34.5 Å². The maximum Gasteiger partial charge on any atom is 0.169 e. The lowest BCUT2D eigenvalue weighted by Crippen LogP contribution is -2.26. The molecule has 0 spiro atoms. The first kappa shape index (κ1) is 20.7. The van der Waals surface area contributed by atoms with Gasteiger partial charge in [0.25, 0.3) is 0 Å². The van der Waals surface area contributed by atoms with E-state index in [1.54, 1.807) is 25.1 Å². The summed E-state index contributed by atoms with van der Waals surface area (Å²) in [5.41, 5.74) is 1.87. The molecular weight excluding hydrogens is 372 g/mol. The smallest absolute Gasteiger partial charge is 0.169 e. The molecule has 7 heteroatoms. The van der Waals surface area contributed by atoms with E-state index in [1.165, 1.54) is 0 Å². The zero-order valence-electron chi connectivity index (χ0n) is 15.8. The third kappa shape index (κ3) is 4.75. The van der Waals surface area contributed by atoms with Gasteiger partial charge in [0.05, 0.1) is 22.4 Å². The Morgan fingerprint density at radius 2 is 2.00 bits per heavy atom. The van der Waals surface area contributed by atoms with Crippen molar-refractivity contribution in [3.8, 4) is 5.75 Å². The molecule has 1 aromatic carbocycles. The molecular formula is C19H23ClN2O3S. The topological polar surface area (TPSA) is 74.6 Å². The largest absolute Gasteiger partial charge is 0.591 e. The molecule has 0 aliphatic carbocycles. The van der Waals surface area contributed by atoms with E-state index < -0.39 is 16.1 Å². The Kier molecular flexibility index (Phi) is 6.32. The number of hydrogen-bond donors (Lipinski definition) is 0. The zero-order chi connectivity index (χ0) is 19.6. The summed E-state index contributed by atoms with van der Waals surface area (Å²) in [4.78, 5) is 15.9. The highest BCUT2D eigenvalue weighted by Gasteiger charge is 2.27. The van der Waals surface area contributed by atoms with Gasteiger partial charge in [0.2, 0.25) is 0 Å². The van der Waals surface area contributed by atoms with Gasteiger partial charge in [-0.3, -0.25) is 4.79 Å². The lowest BCUT2D eigenvalue weighted by atomic mass is 10.1. The van der Waals surface area contributed by atoms with E-state index in [0.29, 0.717) is 33.9 Å². The number of aldehydes is 1. The summed E-state index contributed by atoms with van der Waals surface area (Å²) in [5.74, 6) is 0.519. The van der Waals surface area contributed by atoms with Crippen LogP contribution in [0.4, 0.5) is 0 Å². The van der Waals surface area contributed by atoms with Crippen molar-refractivity contribution in [2.75, 3.05) is 0 Å². The first-order valence-electron chi connectivity index (χ1n) is 8.26. The van der Waals surface area contributed by atoms with Gasteiger partial charge in [-0.2, -0.15) is 0 Å². The number of benzene rings is 1. The predicted octanol–water partition coefficient (Wildman–Crippen LogP) is 4.76. The van der Waals surface area contributed by atoms with Gasteiger partial charge in [0.15, 0.2) is 6.29 Å². The summed E-state index contributed by atoms with van der Waals surface area (Å²) in [6.45, 7) is 11.1. The van der Waals surface area contributed by atoms with Crippen molar-refractivity contribution < 1.29 is 14.1 Å². The van der Waals surface area contributed by atoms with Gasteiger partial charge < -0.3 is 9.29 Å². The lowest BCUT2D eigenvalue weighted by Gasteiger charge is -2.19. The van der Waals surface area contributed by atoms with Gasteiger partial charge in [-0.05, 0) is 53.7 Å². The van der Waals surface area contributed by atoms with E-state index in [9.17, 15) is 9.35 Å². The van der Waals surface area contributed by atoms with E-state index in [1.807, 2.05) is 34.6 Å². The van der Waals surface area contributed by atoms with Crippen LogP contribution >= 0.6 is 11.6 Å². The maximum absolute atomic E-state index is 12.3. The van der Waals surface area contributed by atoms with E-state index in [-0.39, 0.29) is 11.8 Å². The molecule has 2 aromatic rings. The van der Waals surface area contributed by atoms with Crippen LogP contribution < -0.4 is 4.74 Å². The van der Waals surface area contributed by atoms with Crippen LogP contribution in [0.2, 0.25) is 5.02 Å². The number of ether oxygens (including phenoxy) is 1. The molecule has 26 heavy (non-hydrogen) atoms. The number of halogens is 1. The van der Waals surface area contributed by atoms with E-state index >= 15 is 0 Å². The van der Waals surface area contributed by atoms with Crippen LogP contribution in [-0.2, 0) is 11.4 Å². The Balaban J connectivity index is 2.58. The van der Waals surface area contributed by atoms with E-state index in [0.717, 1.165) is 5.39 Å². The molecule has 0 radical (unpaired) electrons. The van der Waals surface area contributed by atoms with Crippen LogP contribution in [0.1, 0.15) is 57.6 Å². The average Bonchev–Trinajstić information content (AvgIpc) is 2.53. The molecule has 0 amide bonds. The van der Waals surface area contributed by atoms with Crippen LogP contribution in [0.5, 0.6) is 5.75 Å². The monoisotopic (exact) mass is 394 g/mol. The van der Waals surface area contributed by atoms with Gasteiger partial charge >= 0.3 is 0 Å². The SMILES string of the molecule is C/C(=N\[S@+]([O-])C(C)(C)C)c1cc2cc(Cl)c(OC(C)C)cc2nc1C=O. The van der Waals surface area contributed by atoms with Crippen LogP contribution in [0.15, 0.2) is 22.6 Å². The number of carbonyl (C=O) groups is 1. The fourth-order valence-electron chi connectivity index (χ4n) is 2.22. The van der Waals surface area contributed by atoms with Crippen LogP contribution in [0, 0.1) is 0 Å². The normalized spacial score (nSPS) is 14.0. The Hall–Kier alpha value is -1.63. The summed E-state index contributed by atoms with van der Waals surface area (Å²) < 4.78 is 21.7. The van der Waals surface area contributed by atoms with Gasteiger partial charge in [-0.15, -0.1) is 0 Å². The molecule has 0 fully saturated rings. The minimum Gasteiger partial charge on any atom is -0.591 e. The molecule has 1 aromatic heterocycles. The standard InChI is InChI=1S/C19H23ClN2O3S/c1-11(2)25-18-9-16-13(8-15(18)20)7-14(17(10-23)21-16)12(3)22-26(24)19(4,5)6/h7-11H,1-6H3/b22-12+/t26-/m1/s1. The van der Waals surface area contributed by atoms with Crippen molar-refractivity contribution in [3.63, 3.8) is 0 Å². The van der Waals surface area contributed by atoms with Crippen molar-refractivity contribution in [1.82, 2.24) is 4.98 Å². The Labute approximate surface area is 162 Å². The second-order valence-corrected chi connectivity index (χ2v) is 9.53. The van der Waals surface area contributed by atoms with Gasteiger partial charge in [0, 0.05) is 17.0 Å². The number of aromatic nitrogens is 1. The Morgan fingerprint density at radius 3 is 2.54 bits per heavy atom. The van der Waals surface area contributed by atoms with Crippen molar-refractivity contribution in [1.29, 1.82) is 0 Å². The Bertz CT molecular complexity index is 860. The fraction of sp³-hybridized carbons (Fsp3) is 0.421. The third-order valence-corrected chi connectivity index (χ3v) is 5.29. The van der Waals surface area contributed by atoms with Crippen molar-refractivity contribution in [2.24, 2.45) is 4.40 Å². The quantitative estimate of drug-likeness (QED) is 0.416. The molecule has 1 atom stereocenters. The van der Waals surface area contributed by atoms with Crippen LogP contribution in [-0.4, -0.2) is 32.4 Å². The molecule has 0 N–H and O–H groups in total. The molecule has 0 aliphatic heterocycles. The summed E-state index contributed by atoms with van der Waals surface area (Å²) in [7, 11) is 0. The second kappa shape index (κ2) is 7.94. The Morgan fingerprint density at radius 1 is 1.35 bits per heavy atom. The molecule has 0 unspecified atom stereocenters. The number of pyridine rings is 1. The van der Waals surface area contributed by atoms with Crippen LogP contribution in [0.25, 0.3) is 10.9 Å². The molecule has 1 heterocycles. The second-order valence-electron chi connectivity index (χ2n) is 7.22. The molecule has 0 bridgehead atoms. The number of rotatable bonds is 5. The summed E-state index contributed by atoms with van der Waals surface area (Å²) in [6.07, 6.45) is 0.641. The lowest BCUT2D eigenvalue weighted by molar-refractivity contribution is 0.111. The first-order valence-corrected chi connectivity index (χ1v) is 9.75. The van der Waals surface area contributed by atoms with Crippen LogP contribution in [0.3, 0.4) is 0 Å². The highest BCUT2D eigenvalue weighted by Crippen LogP contribution is 2.31. The molecule has 2 rings (SSSR count). The molecule has 140 valence electrons. The number of carbonyl (C=O) groups excluding carboxylic acids is 1. The average molecular weight is 395 g/mol. The summed E-state index contributed by atoms with van der Waals surface area (Å²) >= 11 is 4.87. The molecule has 0 saturated carbocycles. The van der Waals surface area contributed by atoms with Gasteiger partial charge in [-0.25, -0.2) is 4.98 Å². The minimum atomic E-state index is -1.43. The van der Waals surface area contributed by atoms with Gasteiger partial charge in [-0.1, -0.05) is 16.0 Å². The predicted molar refractivity (Wildman–Crippen MR) is 108 cm³/mol. The molecule has 0 aliphatic rings. The van der Waals surface area contributed by atoms with E-state index in [4.69, 9.17) is 16.3 Å². The van der Waals surface area contributed by atoms with Crippen molar-refractivity contribution >= 4 is 45.9 Å². The maximum atomic E-state index is 12.3.